The molecule has 0 aliphatic rings. The van der Waals surface area contributed by atoms with Crippen molar-refractivity contribution in [3.63, 3.8) is 0 Å². The summed E-state index contributed by atoms with van der Waals surface area (Å²) in [7, 11) is 2.12. The number of rotatable bonds is 7. The van der Waals surface area contributed by atoms with Gasteiger partial charge in [-0.15, -0.1) is 0 Å². The zero-order valence-electron chi connectivity index (χ0n) is 11.2. The molecule has 1 heterocycles. The number of aromatic nitrogens is 2. The van der Waals surface area contributed by atoms with E-state index < -0.39 is 0 Å². The molecule has 0 aromatic carbocycles. The van der Waals surface area contributed by atoms with Crippen LogP contribution in [0.15, 0.2) is 12.4 Å². The van der Waals surface area contributed by atoms with Gasteiger partial charge in [-0.3, -0.25) is 4.98 Å². The van der Waals surface area contributed by atoms with Crippen LogP contribution in [-0.2, 0) is 0 Å². The summed E-state index contributed by atoms with van der Waals surface area (Å²) in [5.41, 5.74) is 0. The fraction of sp³-hybridized carbons (Fsp3) is 0.667. The van der Waals surface area contributed by atoms with E-state index in [1.807, 2.05) is 6.92 Å². The normalized spacial score (nSPS) is 10.9. The summed E-state index contributed by atoms with van der Waals surface area (Å²) in [4.78, 5) is 10.8. The molecule has 0 amide bonds. The van der Waals surface area contributed by atoms with Gasteiger partial charge < -0.3 is 15.5 Å². The minimum Gasteiger partial charge on any atom is -0.369 e. The van der Waals surface area contributed by atoms with Gasteiger partial charge in [0.05, 0.1) is 12.4 Å². The van der Waals surface area contributed by atoms with Crippen molar-refractivity contribution in [1.82, 2.24) is 14.9 Å². The lowest BCUT2D eigenvalue weighted by atomic mass is 10.3. The number of hydrogen-bond donors (Lipinski definition) is 2. The molecular formula is C12H23N5. The second kappa shape index (κ2) is 7.06. The molecule has 1 rings (SSSR count). The van der Waals surface area contributed by atoms with E-state index in [0.717, 1.165) is 31.3 Å². The Morgan fingerprint density at radius 2 is 1.88 bits per heavy atom. The van der Waals surface area contributed by atoms with E-state index >= 15 is 0 Å². The molecule has 0 spiro atoms. The largest absolute Gasteiger partial charge is 0.369 e. The summed E-state index contributed by atoms with van der Waals surface area (Å²) < 4.78 is 0. The Morgan fingerprint density at radius 3 is 2.47 bits per heavy atom. The van der Waals surface area contributed by atoms with Crippen molar-refractivity contribution < 1.29 is 0 Å². The average molecular weight is 237 g/mol. The van der Waals surface area contributed by atoms with Crippen molar-refractivity contribution in [2.75, 3.05) is 37.3 Å². The van der Waals surface area contributed by atoms with Crippen LogP contribution in [0.4, 0.5) is 11.6 Å². The molecule has 96 valence electrons. The van der Waals surface area contributed by atoms with Gasteiger partial charge in [0.25, 0.3) is 0 Å². The monoisotopic (exact) mass is 237 g/mol. The summed E-state index contributed by atoms with van der Waals surface area (Å²) in [6.07, 6.45) is 3.48. The predicted molar refractivity (Wildman–Crippen MR) is 72.5 cm³/mol. The second-order valence-electron chi connectivity index (χ2n) is 4.32. The van der Waals surface area contributed by atoms with Gasteiger partial charge in [0.15, 0.2) is 0 Å². The zero-order chi connectivity index (χ0) is 12.7. The molecule has 0 saturated carbocycles. The number of nitrogens with one attached hydrogen (secondary N) is 2. The van der Waals surface area contributed by atoms with Gasteiger partial charge in [-0.05, 0) is 27.8 Å². The molecule has 5 heteroatoms. The highest BCUT2D eigenvalue weighted by Gasteiger charge is 2.02. The summed E-state index contributed by atoms with van der Waals surface area (Å²) in [5.74, 6) is 1.63. The van der Waals surface area contributed by atoms with Crippen molar-refractivity contribution in [3.8, 4) is 0 Å². The molecule has 5 nitrogen and oxygen atoms in total. The lowest BCUT2D eigenvalue weighted by Gasteiger charge is -2.21. The Morgan fingerprint density at radius 1 is 1.24 bits per heavy atom. The van der Waals surface area contributed by atoms with Gasteiger partial charge >= 0.3 is 0 Å². The molecule has 17 heavy (non-hydrogen) atoms. The van der Waals surface area contributed by atoms with Gasteiger partial charge in [0.2, 0.25) is 0 Å². The van der Waals surface area contributed by atoms with Gasteiger partial charge in [-0.25, -0.2) is 4.98 Å². The van der Waals surface area contributed by atoms with Crippen LogP contribution in [0.1, 0.15) is 20.8 Å². The average Bonchev–Trinajstić information content (AvgIpc) is 2.29. The number of likely N-dealkylation sites (N-methyl/N-ethyl adjacent to an activating group) is 1. The van der Waals surface area contributed by atoms with Crippen molar-refractivity contribution >= 4 is 11.6 Å². The SMILES string of the molecule is CCNc1cncc(NCCN(C)C(C)C)n1. The summed E-state index contributed by atoms with van der Waals surface area (Å²) >= 11 is 0. The lowest BCUT2D eigenvalue weighted by Crippen LogP contribution is -2.31. The molecular weight excluding hydrogens is 214 g/mol. The van der Waals surface area contributed by atoms with E-state index in [1.165, 1.54) is 0 Å². The van der Waals surface area contributed by atoms with Crippen LogP contribution in [0.3, 0.4) is 0 Å². The third-order valence-corrected chi connectivity index (χ3v) is 2.64. The Hall–Kier alpha value is -1.36. The molecule has 2 N–H and O–H groups in total. The van der Waals surface area contributed by atoms with Crippen molar-refractivity contribution in [2.24, 2.45) is 0 Å². The van der Waals surface area contributed by atoms with E-state index in [0.29, 0.717) is 6.04 Å². The Labute approximate surface area is 104 Å². The second-order valence-corrected chi connectivity index (χ2v) is 4.32. The van der Waals surface area contributed by atoms with Gasteiger partial charge in [-0.1, -0.05) is 0 Å². The first-order chi connectivity index (χ1) is 8.13. The molecule has 0 radical (unpaired) electrons. The van der Waals surface area contributed by atoms with Gasteiger partial charge in [0, 0.05) is 25.7 Å². The van der Waals surface area contributed by atoms with Crippen LogP contribution in [0, 0.1) is 0 Å². The highest BCUT2D eigenvalue weighted by Crippen LogP contribution is 2.05. The lowest BCUT2D eigenvalue weighted by molar-refractivity contribution is 0.284. The fourth-order valence-corrected chi connectivity index (χ4v) is 1.34. The molecule has 0 unspecified atom stereocenters. The number of nitrogens with zero attached hydrogens (tertiary/aromatic N) is 3. The van der Waals surface area contributed by atoms with Crippen LogP contribution < -0.4 is 10.6 Å². The summed E-state index contributed by atoms with van der Waals surface area (Å²) in [6, 6.07) is 0.566. The maximum Gasteiger partial charge on any atom is 0.147 e. The molecule has 0 saturated heterocycles. The Balaban J connectivity index is 2.38. The standard InChI is InChI=1S/C12H23N5/c1-5-14-11-8-13-9-12(16-11)15-6-7-17(4)10(2)3/h8-10H,5-7H2,1-4H3,(H2,14,15,16). The quantitative estimate of drug-likeness (QED) is 0.755. The first-order valence-electron chi connectivity index (χ1n) is 6.13. The number of hydrogen-bond acceptors (Lipinski definition) is 5. The fourth-order valence-electron chi connectivity index (χ4n) is 1.34. The molecule has 0 fully saturated rings. The van der Waals surface area contributed by atoms with Crippen LogP contribution in [0.25, 0.3) is 0 Å². The smallest absolute Gasteiger partial charge is 0.147 e. The van der Waals surface area contributed by atoms with E-state index in [9.17, 15) is 0 Å². The highest BCUT2D eigenvalue weighted by atomic mass is 15.1. The summed E-state index contributed by atoms with van der Waals surface area (Å²) in [5, 5.41) is 6.42. The molecule has 1 aromatic heterocycles. The minimum absolute atomic E-state index is 0.566. The van der Waals surface area contributed by atoms with Crippen molar-refractivity contribution in [3.05, 3.63) is 12.4 Å². The van der Waals surface area contributed by atoms with Crippen molar-refractivity contribution in [1.29, 1.82) is 0 Å². The van der Waals surface area contributed by atoms with E-state index in [1.54, 1.807) is 12.4 Å². The third-order valence-electron chi connectivity index (χ3n) is 2.64. The van der Waals surface area contributed by atoms with Crippen molar-refractivity contribution in [2.45, 2.75) is 26.8 Å². The van der Waals surface area contributed by atoms with Crippen LogP contribution in [0.5, 0.6) is 0 Å². The maximum atomic E-state index is 4.40. The van der Waals surface area contributed by atoms with E-state index in [2.05, 4.69) is 46.4 Å². The molecule has 0 aliphatic carbocycles. The molecule has 0 bridgehead atoms. The molecule has 1 aromatic rings. The van der Waals surface area contributed by atoms with Gasteiger partial charge in [-0.2, -0.15) is 0 Å². The molecule has 0 atom stereocenters. The first-order valence-corrected chi connectivity index (χ1v) is 6.13. The van der Waals surface area contributed by atoms with E-state index in [4.69, 9.17) is 0 Å². The zero-order valence-corrected chi connectivity index (χ0v) is 11.2. The molecule has 0 aliphatic heterocycles. The highest BCUT2D eigenvalue weighted by molar-refractivity contribution is 5.41. The number of anilines is 2. The summed E-state index contributed by atoms with van der Waals surface area (Å²) in [6.45, 7) is 9.13. The predicted octanol–water partition coefficient (Wildman–Crippen LogP) is 1.66. The van der Waals surface area contributed by atoms with Crippen LogP contribution >= 0.6 is 0 Å². The topological polar surface area (TPSA) is 53.1 Å². The minimum atomic E-state index is 0.566. The van der Waals surface area contributed by atoms with Crippen LogP contribution in [0.2, 0.25) is 0 Å². The Bertz CT molecular complexity index is 326. The Kier molecular flexibility index (Phi) is 5.69. The van der Waals surface area contributed by atoms with Gasteiger partial charge in [0.1, 0.15) is 11.6 Å². The first kappa shape index (κ1) is 13.7. The maximum absolute atomic E-state index is 4.40. The van der Waals surface area contributed by atoms with E-state index in [-0.39, 0.29) is 0 Å². The van der Waals surface area contributed by atoms with Crippen LogP contribution in [-0.4, -0.2) is 47.6 Å². The third kappa shape index (κ3) is 4.99.